The lowest BCUT2D eigenvalue weighted by Gasteiger charge is -2.30. The second-order valence-corrected chi connectivity index (χ2v) is 12.1. The van der Waals surface area contributed by atoms with Gasteiger partial charge in [0.1, 0.15) is 11.6 Å². The first kappa shape index (κ1) is 34.3. The monoisotopic (exact) mass is 665 g/mol. The smallest absolute Gasteiger partial charge is 0.252 e. The number of ether oxygens (including phenoxy) is 2. The third-order valence-electron chi connectivity index (χ3n) is 7.65. The molecule has 48 heavy (non-hydrogen) atoms. The van der Waals surface area contributed by atoms with Crippen molar-refractivity contribution in [2.75, 3.05) is 25.5 Å². The third-order valence-corrected chi connectivity index (χ3v) is 8.68. The van der Waals surface area contributed by atoms with Crippen molar-refractivity contribution in [2.24, 2.45) is 10.1 Å². The highest BCUT2D eigenvalue weighted by molar-refractivity contribution is 7.98. The quantitative estimate of drug-likeness (QED) is 0.0543. The number of thioether (sulfide) groups is 1. The second-order valence-electron chi connectivity index (χ2n) is 11.0. The van der Waals surface area contributed by atoms with Crippen LogP contribution in [0.15, 0.2) is 119 Å². The van der Waals surface area contributed by atoms with E-state index in [1.165, 1.54) is 12.1 Å². The van der Waals surface area contributed by atoms with Gasteiger partial charge in [-0.15, -0.1) is 0 Å². The van der Waals surface area contributed by atoms with Gasteiger partial charge in [0.25, 0.3) is 5.91 Å². The Bertz CT molecular complexity index is 1760. The van der Waals surface area contributed by atoms with Crippen LogP contribution in [0.25, 0.3) is 16.5 Å². The van der Waals surface area contributed by atoms with E-state index in [4.69, 9.17) is 19.6 Å². The van der Waals surface area contributed by atoms with Gasteiger partial charge in [0.05, 0.1) is 6.61 Å². The molecule has 0 spiro atoms. The van der Waals surface area contributed by atoms with Gasteiger partial charge in [-0.1, -0.05) is 84.0 Å². The van der Waals surface area contributed by atoms with Gasteiger partial charge < -0.3 is 19.9 Å². The van der Waals surface area contributed by atoms with Gasteiger partial charge in [0, 0.05) is 59.2 Å². The van der Waals surface area contributed by atoms with Crippen molar-refractivity contribution in [1.29, 1.82) is 0 Å². The number of carbonyl (C=O) groups is 1. The maximum Gasteiger partial charge on any atom is 0.252 e. The van der Waals surface area contributed by atoms with Crippen LogP contribution in [-0.4, -0.2) is 48.0 Å². The van der Waals surface area contributed by atoms with Crippen molar-refractivity contribution < 1.29 is 23.8 Å². The summed E-state index contributed by atoms with van der Waals surface area (Å²) in [6.45, 7) is 0.784. The largest absolute Gasteiger partial charge is 0.494 e. The molecule has 4 aromatic carbocycles. The topological polar surface area (TPSA) is 129 Å². The first-order valence-corrected chi connectivity index (χ1v) is 16.7. The molecule has 0 aromatic heterocycles. The molecule has 9 nitrogen and oxygen atoms in total. The fourth-order valence-corrected chi connectivity index (χ4v) is 6.06. The minimum atomic E-state index is -1.44. The Morgan fingerprint density at radius 1 is 1.06 bits per heavy atom. The van der Waals surface area contributed by atoms with Gasteiger partial charge in [-0.25, -0.2) is 9.38 Å². The summed E-state index contributed by atoms with van der Waals surface area (Å²) in [4.78, 5) is 22.4. The van der Waals surface area contributed by atoms with Crippen LogP contribution in [-0.2, 0) is 15.3 Å². The third kappa shape index (κ3) is 8.83. The second kappa shape index (κ2) is 17.2. The van der Waals surface area contributed by atoms with Crippen molar-refractivity contribution >= 4 is 35.3 Å². The molecule has 1 aliphatic rings. The van der Waals surface area contributed by atoms with Crippen molar-refractivity contribution in [3.63, 3.8) is 0 Å². The molecule has 4 aromatic rings. The van der Waals surface area contributed by atoms with Gasteiger partial charge in [0.15, 0.2) is 11.6 Å². The highest BCUT2D eigenvalue weighted by Gasteiger charge is 2.53. The summed E-state index contributed by atoms with van der Waals surface area (Å²) in [5.74, 6) is 1.58. The minimum Gasteiger partial charge on any atom is -0.494 e. The summed E-state index contributed by atoms with van der Waals surface area (Å²) in [5, 5.41) is 16.1. The van der Waals surface area contributed by atoms with Crippen LogP contribution < -0.4 is 10.1 Å². The number of aliphatic hydroxyl groups is 1. The highest BCUT2D eigenvalue weighted by Crippen LogP contribution is 2.45. The van der Waals surface area contributed by atoms with Gasteiger partial charge in [-0.2, -0.15) is 11.8 Å². The van der Waals surface area contributed by atoms with Gasteiger partial charge in [-0.05, 0) is 53.1 Å². The number of halogens is 1. The normalized spacial score (nSPS) is 17.0. The first-order chi connectivity index (χ1) is 23.5. The summed E-state index contributed by atoms with van der Waals surface area (Å²) >= 11 is 1.62. The number of hydrogen-bond acceptors (Lipinski definition) is 7. The van der Waals surface area contributed by atoms with Crippen LogP contribution in [0.4, 0.5) is 10.1 Å². The average molecular weight is 666 g/mol. The molecule has 0 bridgehead atoms. The molecule has 1 heterocycles. The van der Waals surface area contributed by atoms with E-state index in [2.05, 4.69) is 15.3 Å². The van der Waals surface area contributed by atoms with Crippen LogP contribution >= 0.6 is 11.8 Å². The molecule has 0 saturated heterocycles. The zero-order chi connectivity index (χ0) is 33.6. The first-order valence-electron chi connectivity index (χ1n) is 15.6. The van der Waals surface area contributed by atoms with Crippen LogP contribution in [0.5, 0.6) is 5.75 Å². The lowest BCUT2D eigenvalue weighted by atomic mass is 9.83. The number of nitrogens with zero attached hydrogens (tertiary/aromatic N) is 4. The molecule has 2 atom stereocenters. The van der Waals surface area contributed by atoms with E-state index in [9.17, 15) is 14.7 Å². The molecule has 246 valence electrons. The minimum absolute atomic E-state index is 0.0389. The molecule has 11 heteroatoms. The maximum atomic E-state index is 14.4. The zero-order valence-corrected chi connectivity index (χ0v) is 27.1. The number of azide groups is 1. The van der Waals surface area contributed by atoms with Crippen molar-refractivity contribution in [3.8, 4) is 5.75 Å². The van der Waals surface area contributed by atoms with Crippen LogP contribution in [0.1, 0.15) is 41.2 Å². The highest BCUT2D eigenvalue weighted by atomic mass is 32.2. The SMILES string of the molecule is [N-]=[N+]=Nc1ccccc1[C@H]1OC(c2ccc(OCCCO)cc2)=N[C@@]1(C/C=C/c1ccccc1)C(=O)NCCSCc1ccc(F)cc1. The fraction of sp³-hybridized carbons (Fsp3) is 0.243. The van der Waals surface area contributed by atoms with Crippen molar-refractivity contribution in [3.05, 3.63) is 148 Å². The van der Waals surface area contributed by atoms with E-state index in [-0.39, 0.29) is 30.6 Å². The molecule has 0 fully saturated rings. The molecule has 0 radical (unpaired) electrons. The molecule has 0 unspecified atom stereocenters. The van der Waals surface area contributed by atoms with Crippen molar-refractivity contribution in [2.45, 2.75) is 30.2 Å². The molecule has 5 rings (SSSR count). The van der Waals surface area contributed by atoms with Crippen LogP contribution in [0.3, 0.4) is 0 Å². The van der Waals surface area contributed by atoms with E-state index in [0.717, 1.165) is 11.1 Å². The number of nitrogens with one attached hydrogen (secondary N) is 1. The van der Waals surface area contributed by atoms with Crippen LogP contribution in [0.2, 0.25) is 0 Å². The predicted molar refractivity (Wildman–Crippen MR) is 188 cm³/mol. The lowest BCUT2D eigenvalue weighted by Crippen LogP contribution is -2.48. The average Bonchev–Trinajstić information content (AvgIpc) is 3.50. The zero-order valence-electron chi connectivity index (χ0n) is 26.2. The Kier molecular flexibility index (Phi) is 12.3. The van der Waals surface area contributed by atoms with E-state index in [0.29, 0.717) is 53.6 Å². The van der Waals surface area contributed by atoms with E-state index in [1.54, 1.807) is 60.3 Å². The molecular formula is C37H36FN5O4S. The number of benzene rings is 4. The molecule has 0 saturated carbocycles. The van der Waals surface area contributed by atoms with Crippen molar-refractivity contribution in [1.82, 2.24) is 5.32 Å². The molecular weight excluding hydrogens is 630 g/mol. The van der Waals surface area contributed by atoms with Gasteiger partial charge in [0.2, 0.25) is 5.90 Å². The maximum absolute atomic E-state index is 14.4. The molecule has 2 N–H and O–H groups in total. The Morgan fingerprint density at radius 3 is 2.56 bits per heavy atom. The Morgan fingerprint density at radius 2 is 1.81 bits per heavy atom. The number of aliphatic imine (C=N–C) groups is 1. The standard InChI is InChI=1S/C37H36FN5O4S/c38-30-17-13-28(14-18-30)26-48-25-22-40-36(45)37(21-6-10-27-8-2-1-3-9-27)34(32-11-4-5-12-33(32)42-43-39)47-35(41-37)29-15-19-31(20-16-29)46-24-7-23-44/h1-6,8-20,34,44H,7,21-26H2,(H,40,45)/b10-6+/t34-,37-/m1/s1. The van der Waals surface area contributed by atoms with Gasteiger partial charge >= 0.3 is 0 Å². The summed E-state index contributed by atoms with van der Waals surface area (Å²) in [7, 11) is 0. The summed E-state index contributed by atoms with van der Waals surface area (Å²) in [6, 6.07) is 30.4. The molecule has 1 aliphatic heterocycles. The number of amides is 1. The Balaban J connectivity index is 1.46. The fourth-order valence-electron chi connectivity index (χ4n) is 5.24. The number of aliphatic hydroxyl groups excluding tert-OH is 1. The Labute approximate surface area is 283 Å². The summed E-state index contributed by atoms with van der Waals surface area (Å²) in [5.41, 5.74) is 11.4. The number of rotatable bonds is 16. The number of carbonyl (C=O) groups excluding carboxylic acids is 1. The number of hydrogen-bond donors (Lipinski definition) is 2. The molecule has 1 amide bonds. The summed E-state index contributed by atoms with van der Waals surface area (Å²) < 4.78 is 25.5. The van der Waals surface area contributed by atoms with Gasteiger partial charge in [-0.3, -0.25) is 4.79 Å². The predicted octanol–water partition coefficient (Wildman–Crippen LogP) is 7.94. The summed E-state index contributed by atoms with van der Waals surface area (Å²) in [6.07, 6.45) is 3.65. The Hall–Kier alpha value is -5.09. The lowest BCUT2D eigenvalue weighted by molar-refractivity contribution is -0.128. The van der Waals surface area contributed by atoms with E-state index < -0.39 is 11.6 Å². The molecule has 0 aliphatic carbocycles. The van der Waals surface area contributed by atoms with E-state index in [1.807, 2.05) is 54.6 Å². The van der Waals surface area contributed by atoms with Crippen LogP contribution in [0, 0.1) is 5.82 Å². The van der Waals surface area contributed by atoms with E-state index >= 15 is 0 Å².